The molecule has 0 unspecified atom stereocenters. The summed E-state index contributed by atoms with van der Waals surface area (Å²) in [6, 6.07) is 13.9. The van der Waals surface area contributed by atoms with Crippen LogP contribution in [0.15, 0.2) is 78.9 Å². The van der Waals surface area contributed by atoms with E-state index in [-0.39, 0.29) is 35.3 Å². The van der Waals surface area contributed by atoms with E-state index in [2.05, 4.69) is 42.2 Å². The third-order valence-electron chi connectivity index (χ3n) is 13.9. The fourth-order valence-corrected chi connectivity index (χ4v) is 10.2. The quantitative estimate of drug-likeness (QED) is 0.0922. The van der Waals surface area contributed by atoms with Crippen molar-refractivity contribution in [3.8, 4) is 63.5 Å². The molecule has 1 aliphatic heterocycles. The van der Waals surface area contributed by atoms with Gasteiger partial charge in [-0.1, -0.05) is 24.1 Å². The number of hydrogen-bond acceptors (Lipinski definition) is 12. The van der Waals surface area contributed by atoms with Crippen molar-refractivity contribution >= 4 is 57.0 Å². The largest absolute Gasteiger partial charge is 0.496 e. The predicted octanol–water partition coefficient (Wildman–Crippen LogP) is 9.71. The van der Waals surface area contributed by atoms with Gasteiger partial charge in [0.2, 0.25) is 5.91 Å². The number of pyridine rings is 1. The van der Waals surface area contributed by atoms with Gasteiger partial charge in [0.05, 0.1) is 35.1 Å². The van der Waals surface area contributed by atoms with E-state index in [0.717, 1.165) is 65.7 Å². The lowest BCUT2D eigenvalue weighted by Crippen LogP contribution is -2.34. The summed E-state index contributed by atoms with van der Waals surface area (Å²) >= 11 is 0. The Hall–Kier alpha value is -8.78. The van der Waals surface area contributed by atoms with Crippen molar-refractivity contribution < 1.29 is 23.5 Å². The number of benzene rings is 2. The average Bonchev–Trinajstić information content (AvgIpc) is 4.11. The Bertz CT molecular complexity index is 3670. The standard InChI is InChI=1S/C56H53FN12O4/c1-9-37-27-43(72-8)40(28-60-37)50-47(36-16-19-42(41(57)26-36)73-56-59-21-20-32(4)63-56)45-33(5)64-44(66-53(45)68(50)7)25-31(3)54(70)65-38-17-18-39(30(2)24-38)49-46(48-51(58)61-29-62-52(48)67(49)6)34-12-14-35(15-13-34)55(71)69-22-10-11-23-69/h1,12,16-21,24-29,35H,10-11,13-15,22-23H2,2-8H3,(H,65,70)(H2,58,61,62)/b31-25+/t35-/m0/s1. The molecular formula is C56H53FN12O4. The van der Waals surface area contributed by atoms with Gasteiger partial charge < -0.3 is 34.6 Å². The van der Waals surface area contributed by atoms with Gasteiger partial charge >= 0.3 is 6.01 Å². The second kappa shape index (κ2) is 19.4. The number of nitrogens with two attached hydrogens (primary N) is 1. The van der Waals surface area contributed by atoms with Gasteiger partial charge in [0.1, 0.15) is 34.9 Å². The number of nitrogens with one attached hydrogen (secondary N) is 1. The van der Waals surface area contributed by atoms with Crippen LogP contribution in [-0.4, -0.2) is 80.9 Å². The first-order chi connectivity index (χ1) is 35.2. The maximum absolute atomic E-state index is 16.0. The molecule has 10 rings (SSSR count). The number of fused-ring (bicyclic) bond motifs is 2. The number of amides is 2. The highest BCUT2D eigenvalue weighted by Crippen LogP contribution is 2.46. The van der Waals surface area contributed by atoms with E-state index in [0.29, 0.717) is 91.8 Å². The molecule has 0 bridgehead atoms. The fraction of sp³-hybridized carbons (Fsp3) is 0.268. The van der Waals surface area contributed by atoms with Crippen LogP contribution in [0.25, 0.3) is 67.4 Å². The number of carbonyl (C=O) groups excluding carboxylic acids is 2. The highest BCUT2D eigenvalue weighted by atomic mass is 19.1. The lowest BCUT2D eigenvalue weighted by molar-refractivity contribution is -0.134. The highest BCUT2D eigenvalue weighted by Gasteiger charge is 2.32. The van der Waals surface area contributed by atoms with E-state index in [1.165, 1.54) is 25.6 Å². The van der Waals surface area contributed by atoms with E-state index >= 15 is 4.39 Å². The van der Waals surface area contributed by atoms with Crippen LogP contribution in [-0.2, 0) is 23.7 Å². The number of allylic oxidation sites excluding steroid dienone is 2. The van der Waals surface area contributed by atoms with Crippen LogP contribution in [0.1, 0.15) is 73.1 Å². The maximum atomic E-state index is 16.0. The lowest BCUT2D eigenvalue weighted by Gasteiger charge is -2.26. The van der Waals surface area contributed by atoms with Crippen LogP contribution in [0.3, 0.4) is 0 Å². The van der Waals surface area contributed by atoms with Crippen molar-refractivity contribution in [2.24, 2.45) is 20.0 Å². The molecule has 8 aromatic rings. The van der Waals surface area contributed by atoms with Crippen LogP contribution in [0.2, 0.25) is 0 Å². The molecule has 1 saturated heterocycles. The summed E-state index contributed by atoms with van der Waals surface area (Å²) in [5.74, 6) is 2.86. The molecule has 3 N–H and O–H groups in total. The number of hydrogen-bond donors (Lipinski definition) is 2. The number of aromatic nitrogens is 9. The third kappa shape index (κ3) is 8.89. The van der Waals surface area contributed by atoms with E-state index < -0.39 is 5.82 Å². The van der Waals surface area contributed by atoms with Crippen LogP contribution < -0.4 is 20.5 Å². The van der Waals surface area contributed by atoms with Gasteiger partial charge in [0.25, 0.3) is 5.91 Å². The first kappa shape index (κ1) is 47.9. The van der Waals surface area contributed by atoms with Crippen molar-refractivity contribution in [2.75, 3.05) is 31.2 Å². The molecule has 1 aliphatic carbocycles. The Labute approximate surface area is 421 Å². The van der Waals surface area contributed by atoms with Crippen LogP contribution in [0, 0.1) is 44.9 Å². The summed E-state index contributed by atoms with van der Waals surface area (Å²) in [5.41, 5.74) is 17.6. The number of rotatable bonds is 11. The Balaban J connectivity index is 0.964. The molecule has 0 spiro atoms. The molecule has 6 aromatic heterocycles. The Morgan fingerprint density at radius 1 is 0.890 bits per heavy atom. The van der Waals surface area contributed by atoms with Crippen molar-refractivity contribution in [1.82, 2.24) is 48.9 Å². The molecule has 2 aliphatic rings. The Morgan fingerprint density at radius 2 is 1.67 bits per heavy atom. The molecular weight excluding hydrogens is 924 g/mol. The van der Waals surface area contributed by atoms with Crippen LogP contribution >= 0.6 is 0 Å². The molecule has 1 atom stereocenters. The molecule has 7 heterocycles. The molecule has 73 heavy (non-hydrogen) atoms. The zero-order valence-electron chi connectivity index (χ0n) is 41.7. The van der Waals surface area contributed by atoms with Crippen molar-refractivity contribution in [2.45, 2.75) is 59.8 Å². The number of terminal acetylenes is 1. The van der Waals surface area contributed by atoms with Gasteiger partial charge in [0.15, 0.2) is 17.4 Å². The summed E-state index contributed by atoms with van der Waals surface area (Å²) in [5, 5.41) is 4.49. The minimum Gasteiger partial charge on any atom is -0.496 e. The van der Waals surface area contributed by atoms with Gasteiger partial charge in [-0.15, -0.1) is 6.42 Å². The van der Waals surface area contributed by atoms with Crippen molar-refractivity contribution in [1.29, 1.82) is 0 Å². The maximum Gasteiger partial charge on any atom is 0.322 e. The van der Waals surface area contributed by atoms with Crippen LogP contribution in [0.5, 0.6) is 17.5 Å². The normalized spacial score (nSPS) is 14.9. The molecule has 17 heteroatoms. The summed E-state index contributed by atoms with van der Waals surface area (Å²) in [4.78, 5) is 61.1. The van der Waals surface area contributed by atoms with Crippen molar-refractivity contribution in [3.63, 3.8) is 0 Å². The third-order valence-corrected chi connectivity index (χ3v) is 13.9. The van der Waals surface area contributed by atoms with Gasteiger partial charge in [-0.3, -0.25) is 9.59 Å². The minimum atomic E-state index is -0.640. The SMILES string of the molecule is C#Cc1cc(OC)c(-c2c(-c3ccc(Oc4nccc(C)n4)c(F)c3)c3c(C)nc(/C=C(\C)C(=O)Nc4ccc(-c5c(C6=CC[C@H](C(=O)N7CCCC7)CC6)c6c(N)ncnc6n5C)c(C)c4)nc3n2C)cn1. The molecule has 368 valence electrons. The molecule has 16 nitrogen and oxygen atoms in total. The number of nitrogen functional groups attached to an aromatic ring is 1. The average molecular weight is 977 g/mol. The molecule has 0 radical (unpaired) electrons. The predicted molar refractivity (Wildman–Crippen MR) is 280 cm³/mol. The Kier molecular flexibility index (Phi) is 12.7. The number of nitrogens with zero attached hydrogens (tertiary/aromatic N) is 10. The lowest BCUT2D eigenvalue weighted by atomic mass is 9.84. The number of halogens is 1. The van der Waals surface area contributed by atoms with Gasteiger partial charge in [-0.05, 0) is 113 Å². The van der Waals surface area contributed by atoms with Gasteiger partial charge in [0, 0.05) is 90.6 Å². The smallest absolute Gasteiger partial charge is 0.322 e. The van der Waals surface area contributed by atoms with E-state index in [4.69, 9.17) is 31.6 Å². The zero-order chi connectivity index (χ0) is 51.2. The summed E-state index contributed by atoms with van der Waals surface area (Å²) in [6.07, 6.45) is 18.4. The molecule has 0 saturated carbocycles. The van der Waals surface area contributed by atoms with E-state index in [9.17, 15) is 9.59 Å². The minimum absolute atomic E-state index is 0.0205. The first-order valence-corrected chi connectivity index (χ1v) is 24.1. The monoisotopic (exact) mass is 976 g/mol. The zero-order valence-corrected chi connectivity index (χ0v) is 41.7. The topological polar surface area (TPSA) is 194 Å². The fourth-order valence-electron chi connectivity index (χ4n) is 10.2. The van der Waals surface area contributed by atoms with E-state index in [1.807, 2.05) is 60.2 Å². The van der Waals surface area contributed by atoms with E-state index in [1.54, 1.807) is 50.5 Å². The summed E-state index contributed by atoms with van der Waals surface area (Å²) < 4.78 is 31.5. The second-order valence-electron chi connectivity index (χ2n) is 18.6. The molecule has 1 fully saturated rings. The number of likely N-dealkylation sites (tertiary alicyclic amines) is 1. The highest BCUT2D eigenvalue weighted by molar-refractivity contribution is 6.08. The Morgan fingerprint density at radius 3 is 2.38 bits per heavy atom. The first-order valence-electron chi connectivity index (χ1n) is 24.1. The molecule has 2 amide bonds. The number of anilines is 2. The number of ether oxygens (including phenoxy) is 2. The second-order valence-corrected chi connectivity index (χ2v) is 18.6. The van der Waals surface area contributed by atoms with Crippen LogP contribution in [0.4, 0.5) is 15.9 Å². The van der Waals surface area contributed by atoms with Gasteiger partial charge in [-0.25, -0.2) is 39.3 Å². The number of aryl methyl sites for hydroxylation is 5. The van der Waals surface area contributed by atoms with Crippen molar-refractivity contribution in [3.05, 3.63) is 119 Å². The molecule has 2 aromatic carbocycles. The summed E-state index contributed by atoms with van der Waals surface area (Å²) in [6.45, 7) is 9.02. The van der Waals surface area contributed by atoms with Gasteiger partial charge in [-0.2, -0.15) is 0 Å². The summed E-state index contributed by atoms with van der Waals surface area (Å²) in [7, 11) is 5.35. The number of carbonyl (C=O) groups is 2. The number of methoxy groups -OCH3 is 1.